The average molecular weight is 341 g/mol. The minimum absolute atomic E-state index is 0.0298. The summed E-state index contributed by atoms with van der Waals surface area (Å²) in [5.41, 5.74) is 3.83. The zero-order valence-corrected chi connectivity index (χ0v) is 14.6. The molecule has 2 aliphatic rings. The van der Waals surface area contributed by atoms with Crippen LogP contribution in [-0.2, 0) is 13.0 Å². The third kappa shape index (κ3) is 2.85. The number of benzene rings is 1. The first kappa shape index (κ1) is 16.3. The average Bonchev–Trinajstić information content (AvgIpc) is 3.16. The highest BCUT2D eigenvalue weighted by atomic mass is 16.5. The van der Waals surface area contributed by atoms with Gasteiger partial charge >= 0.3 is 0 Å². The predicted molar refractivity (Wildman–Crippen MR) is 92.2 cm³/mol. The third-order valence-electron chi connectivity index (χ3n) is 5.42. The lowest BCUT2D eigenvalue weighted by molar-refractivity contribution is 0.0734. The summed E-state index contributed by atoms with van der Waals surface area (Å²) in [5, 5.41) is 14.4. The number of β-amino-alcohol motifs (C(OH)–C–C–N with tert-alkyl or cyclic N) is 1. The lowest BCUT2D eigenvalue weighted by Gasteiger charge is -2.34. The maximum atomic E-state index is 12.8. The van der Waals surface area contributed by atoms with Gasteiger partial charge in [0, 0.05) is 26.2 Å². The molecule has 0 spiro atoms. The Morgan fingerprint density at radius 3 is 2.72 bits per heavy atom. The van der Waals surface area contributed by atoms with Crippen LogP contribution in [0.15, 0.2) is 28.8 Å². The van der Waals surface area contributed by atoms with Gasteiger partial charge < -0.3 is 14.5 Å². The topological polar surface area (TPSA) is 69.8 Å². The number of aliphatic hydroxyl groups excluding tert-OH is 1. The summed E-state index contributed by atoms with van der Waals surface area (Å²) in [7, 11) is 0. The van der Waals surface area contributed by atoms with E-state index >= 15 is 0 Å². The van der Waals surface area contributed by atoms with Crippen LogP contribution in [0.2, 0.25) is 0 Å². The molecular formula is C19H23N3O3. The molecule has 3 heterocycles. The third-order valence-corrected chi connectivity index (χ3v) is 5.42. The van der Waals surface area contributed by atoms with Crippen molar-refractivity contribution in [2.24, 2.45) is 0 Å². The van der Waals surface area contributed by atoms with Crippen LogP contribution in [0.4, 0.5) is 0 Å². The molecule has 6 nitrogen and oxygen atoms in total. The van der Waals surface area contributed by atoms with Gasteiger partial charge in [-0.2, -0.15) is 0 Å². The van der Waals surface area contributed by atoms with Crippen molar-refractivity contribution in [3.8, 4) is 0 Å². The van der Waals surface area contributed by atoms with Gasteiger partial charge in [-0.25, -0.2) is 0 Å². The standard InChI is InChI=1S/C19H23N3O3/c1-12-18(13(2)25-20-12)19(24)22-10-16(17(23)11-22)21-8-7-14-5-3-4-6-15(14)9-21/h3-6,16-17,23H,7-11H2,1-2H3/t16-,17-/m1/s1. The van der Waals surface area contributed by atoms with Crippen molar-refractivity contribution in [2.45, 2.75) is 39.0 Å². The van der Waals surface area contributed by atoms with Crippen LogP contribution in [0.3, 0.4) is 0 Å². The molecule has 0 bridgehead atoms. The molecule has 0 unspecified atom stereocenters. The van der Waals surface area contributed by atoms with Crippen molar-refractivity contribution in [2.75, 3.05) is 19.6 Å². The quantitative estimate of drug-likeness (QED) is 0.897. The Morgan fingerprint density at radius 1 is 1.24 bits per heavy atom. The summed E-state index contributed by atoms with van der Waals surface area (Å²) in [6.45, 7) is 6.14. The predicted octanol–water partition coefficient (Wildman–Crippen LogP) is 1.54. The number of aliphatic hydroxyl groups is 1. The van der Waals surface area contributed by atoms with E-state index in [1.165, 1.54) is 11.1 Å². The molecule has 1 fully saturated rings. The van der Waals surface area contributed by atoms with Crippen molar-refractivity contribution >= 4 is 5.91 Å². The van der Waals surface area contributed by atoms with Gasteiger partial charge in [0.15, 0.2) is 0 Å². The summed E-state index contributed by atoms with van der Waals surface area (Å²) in [5.74, 6) is 0.433. The van der Waals surface area contributed by atoms with Crippen LogP contribution in [0.5, 0.6) is 0 Å². The van der Waals surface area contributed by atoms with E-state index in [2.05, 4.69) is 34.3 Å². The largest absolute Gasteiger partial charge is 0.390 e. The van der Waals surface area contributed by atoms with Gasteiger partial charge in [0.1, 0.15) is 11.3 Å². The molecule has 1 amide bonds. The highest BCUT2D eigenvalue weighted by Crippen LogP contribution is 2.26. The number of nitrogens with zero attached hydrogens (tertiary/aromatic N) is 3. The van der Waals surface area contributed by atoms with Crippen LogP contribution in [0, 0.1) is 13.8 Å². The summed E-state index contributed by atoms with van der Waals surface area (Å²) >= 11 is 0. The van der Waals surface area contributed by atoms with Crippen LogP contribution in [-0.4, -0.2) is 57.8 Å². The summed E-state index contributed by atoms with van der Waals surface area (Å²) in [6, 6.07) is 8.42. The fourth-order valence-electron chi connectivity index (χ4n) is 4.04. The highest BCUT2D eigenvalue weighted by Gasteiger charge is 2.39. The monoisotopic (exact) mass is 341 g/mol. The highest BCUT2D eigenvalue weighted by molar-refractivity contribution is 5.96. The fourth-order valence-corrected chi connectivity index (χ4v) is 4.04. The zero-order valence-electron chi connectivity index (χ0n) is 14.6. The molecule has 1 saturated heterocycles. The number of fused-ring (bicyclic) bond motifs is 1. The van der Waals surface area contributed by atoms with E-state index in [9.17, 15) is 9.90 Å². The number of hydrogen-bond acceptors (Lipinski definition) is 5. The Kier molecular flexibility index (Phi) is 4.09. The Morgan fingerprint density at radius 2 is 2.00 bits per heavy atom. The minimum atomic E-state index is -0.533. The second-order valence-electron chi connectivity index (χ2n) is 7.03. The van der Waals surface area contributed by atoms with Gasteiger partial charge in [-0.05, 0) is 31.4 Å². The van der Waals surface area contributed by atoms with E-state index in [1.54, 1.807) is 18.7 Å². The zero-order chi connectivity index (χ0) is 17.6. The molecule has 25 heavy (non-hydrogen) atoms. The second-order valence-corrected chi connectivity index (χ2v) is 7.03. The van der Waals surface area contributed by atoms with E-state index in [1.807, 2.05) is 0 Å². The molecule has 132 valence electrons. The molecule has 6 heteroatoms. The fraction of sp³-hybridized carbons (Fsp3) is 0.474. The first-order valence-corrected chi connectivity index (χ1v) is 8.75. The molecule has 1 aromatic carbocycles. The SMILES string of the molecule is Cc1noc(C)c1C(=O)N1C[C@@H](O)[C@H](N2CCc3ccccc3C2)C1. The van der Waals surface area contributed by atoms with E-state index in [4.69, 9.17) is 4.52 Å². The Bertz CT molecular complexity index is 781. The van der Waals surface area contributed by atoms with Gasteiger partial charge in [-0.1, -0.05) is 29.4 Å². The molecule has 1 aromatic heterocycles. The molecule has 1 N–H and O–H groups in total. The number of hydrogen-bond donors (Lipinski definition) is 1. The Hall–Kier alpha value is -2.18. The summed E-state index contributed by atoms with van der Waals surface area (Å²) in [6.07, 6.45) is 0.451. The lowest BCUT2D eigenvalue weighted by atomic mass is 9.98. The van der Waals surface area contributed by atoms with Gasteiger partial charge in [0.2, 0.25) is 0 Å². The van der Waals surface area contributed by atoms with E-state index < -0.39 is 6.10 Å². The number of carbonyl (C=O) groups is 1. The van der Waals surface area contributed by atoms with Crippen molar-refractivity contribution in [1.82, 2.24) is 15.0 Å². The van der Waals surface area contributed by atoms with E-state index in [0.717, 1.165) is 19.5 Å². The molecule has 2 aliphatic heterocycles. The van der Waals surface area contributed by atoms with Crippen molar-refractivity contribution < 1.29 is 14.4 Å². The Labute approximate surface area is 147 Å². The molecule has 2 atom stereocenters. The molecule has 0 aliphatic carbocycles. The smallest absolute Gasteiger partial charge is 0.259 e. The van der Waals surface area contributed by atoms with E-state index in [-0.39, 0.29) is 11.9 Å². The first-order valence-electron chi connectivity index (χ1n) is 8.75. The number of amides is 1. The van der Waals surface area contributed by atoms with Gasteiger partial charge in [0.25, 0.3) is 5.91 Å². The van der Waals surface area contributed by atoms with Crippen molar-refractivity contribution in [3.63, 3.8) is 0 Å². The van der Waals surface area contributed by atoms with Crippen molar-refractivity contribution in [3.05, 3.63) is 52.4 Å². The first-order chi connectivity index (χ1) is 12.0. The van der Waals surface area contributed by atoms with Crippen LogP contribution in [0.1, 0.15) is 32.9 Å². The second kappa shape index (κ2) is 6.28. The lowest BCUT2D eigenvalue weighted by Crippen LogP contribution is -2.45. The Balaban J connectivity index is 1.50. The number of rotatable bonds is 2. The van der Waals surface area contributed by atoms with Crippen LogP contribution in [0.25, 0.3) is 0 Å². The van der Waals surface area contributed by atoms with Crippen LogP contribution >= 0.6 is 0 Å². The molecular weight excluding hydrogens is 318 g/mol. The van der Waals surface area contributed by atoms with Gasteiger partial charge in [-0.15, -0.1) is 0 Å². The molecule has 0 radical (unpaired) electrons. The molecule has 0 saturated carbocycles. The van der Waals surface area contributed by atoms with Crippen molar-refractivity contribution in [1.29, 1.82) is 0 Å². The number of aromatic nitrogens is 1. The van der Waals surface area contributed by atoms with Gasteiger partial charge in [0.05, 0.1) is 17.8 Å². The maximum Gasteiger partial charge on any atom is 0.259 e. The summed E-state index contributed by atoms with van der Waals surface area (Å²) in [4.78, 5) is 16.8. The molecule has 2 aromatic rings. The maximum absolute atomic E-state index is 12.8. The molecule has 4 rings (SSSR count). The number of aryl methyl sites for hydroxylation is 2. The van der Waals surface area contributed by atoms with Gasteiger partial charge in [-0.3, -0.25) is 9.69 Å². The number of carbonyl (C=O) groups excluding carboxylic acids is 1. The van der Waals surface area contributed by atoms with Crippen LogP contribution < -0.4 is 0 Å². The van der Waals surface area contributed by atoms with E-state index in [0.29, 0.717) is 30.1 Å². The summed E-state index contributed by atoms with van der Waals surface area (Å²) < 4.78 is 5.11. The normalized spacial score (nSPS) is 23.7. The minimum Gasteiger partial charge on any atom is -0.390 e. The number of likely N-dealkylation sites (tertiary alicyclic amines) is 1.